The Labute approximate surface area is 185 Å². The van der Waals surface area contributed by atoms with Gasteiger partial charge < -0.3 is 5.32 Å². The Morgan fingerprint density at radius 2 is 1.90 bits per heavy atom. The van der Waals surface area contributed by atoms with Gasteiger partial charge in [0.05, 0.1) is 5.69 Å². The lowest BCUT2D eigenvalue weighted by molar-refractivity contribution is 0.0977. The van der Waals surface area contributed by atoms with Gasteiger partial charge in [-0.25, -0.2) is 0 Å². The molecule has 0 fully saturated rings. The van der Waals surface area contributed by atoms with Crippen LogP contribution in [0.3, 0.4) is 0 Å². The number of halogens is 1. The number of aliphatic imine (C=N–C) groups is 1. The maximum Gasteiger partial charge on any atom is 0.257 e. The molecule has 156 valence electrons. The van der Waals surface area contributed by atoms with Gasteiger partial charge in [0.2, 0.25) is 5.96 Å². The van der Waals surface area contributed by atoms with E-state index in [2.05, 4.69) is 43.6 Å². The van der Waals surface area contributed by atoms with Gasteiger partial charge in [0.1, 0.15) is 0 Å². The SMILES string of the molecule is Cc1cccc(NC(=NCCc2c(C)nn(C)c2C)NC(=O)c2cccc(Br)c2)c1. The largest absolute Gasteiger partial charge is 0.326 e. The minimum absolute atomic E-state index is 0.219. The monoisotopic (exact) mass is 467 g/mol. The molecule has 2 aromatic carbocycles. The van der Waals surface area contributed by atoms with Crippen molar-refractivity contribution in [1.29, 1.82) is 0 Å². The van der Waals surface area contributed by atoms with Gasteiger partial charge in [-0.05, 0) is 68.7 Å². The van der Waals surface area contributed by atoms with Crippen LogP contribution in [0.4, 0.5) is 5.69 Å². The van der Waals surface area contributed by atoms with Crippen molar-refractivity contribution in [3.63, 3.8) is 0 Å². The highest BCUT2D eigenvalue weighted by molar-refractivity contribution is 9.10. The average Bonchev–Trinajstić information content (AvgIpc) is 2.94. The minimum atomic E-state index is -0.219. The van der Waals surface area contributed by atoms with E-state index < -0.39 is 0 Å². The Hall–Kier alpha value is -2.93. The molecule has 3 rings (SSSR count). The number of hydrogen-bond donors (Lipinski definition) is 2. The number of anilines is 1. The van der Waals surface area contributed by atoms with Gasteiger partial charge in [-0.2, -0.15) is 5.10 Å². The van der Waals surface area contributed by atoms with Crippen molar-refractivity contribution >= 4 is 33.5 Å². The summed E-state index contributed by atoms with van der Waals surface area (Å²) in [5, 5.41) is 10.6. The quantitative estimate of drug-likeness (QED) is 0.427. The smallest absolute Gasteiger partial charge is 0.257 e. The van der Waals surface area contributed by atoms with Gasteiger partial charge in [0.25, 0.3) is 5.91 Å². The van der Waals surface area contributed by atoms with Crippen molar-refractivity contribution in [2.24, 2.45) is 12.0 Å². The average molecular weight is 468 g/mol. The molecule has 0 atom stereocenters. The fraction of sp³-hybridized carbons (Fsp3) is 0.261. The number of aromatic nitrogens is 2. The molecule has 0 aliphatic carbocycles. The molecule has 0 bridgehead atoms. The van der Waals surface area contributed by atoms with E-state index in [1.807, 2.05) is 62.0 Å². The summed E-state index contributed by atoms with van der Waals surface area (Å²) in [6.07, 6.45) is 0.747. The number of nitrogens with one attached hydrogen (secondary N) is 2. The van der Waals surface area contributed by atoms with E-state index in [1.165, 1.54) is 5.56 Å². The first-order valence-corrected chi connectivity index (χ1v) is 10.6. The molecule has 0 aliphatic heterocycles. The van der Waals surface area contributed by atoms with Crippen LogP contribution in [-0.4, -0.2) is 28.2 Å². The summed E-state index contributed by atoms with van der Waals surface area (Å²) >= 11 is 3.41. The predicted molar refractivity (Wildman–Crippen MR) is 125 cm³/mol. The van der Waals surface area contributed by atoms with E-state index in [1.54, 1.807) is 12.1 Å². The second-order valence-corrected chi connectivity index (χ2v) is 8.13. The fourth-order valence-corrected chi connectivity index (χ4v) is 3.64. The van der Waals surface area contributed by atoms with E-state index in [4.69, 9.17) is 0 Å². The highest BCUT2D eigenvalue weighted by Crippen LogP contribution is 2.14. The number of rotatable bonds is 5. The van der Waals surface area contributed by atoms with Crippen molar-refractivity contribution in [3.8, 4) is 0 Å². The highest BCUT2D eigenvalue weighted by atomic mass is 79.9. The molecule has 7 heteroatoms. The Bertz CT molecular complexity index is 1090. The van der Waals surface area contributed by atoms with Crippen molar-refractivity contribution in [2.75, 3.05) is 11.9 Å². The second kappa shape index (κ2) is 9.71. The molecule has 6 nitrogen and oxygen atoms in total. The third-order valence-corrected chi connectivity index (χ3v) is 5.38. The van der Waals surface area contributed by atoms with Crippen LogP contribution in [-0.2, 0) is 13.5 Å². The molecule has 1 heterocycles. The highest BCUT2D eigenvalue weighted by Gasteiger charge is 2.12. The molecule has 0 unspecified atom stereocenters. The normalized spacial score (nSPS) is 11.4. The molecule has 3 aromatic rings. The number of guanidine groups is 1. The van der Waals surface area contributed by atoms with Gasteiger partial charge >= 0.3 is 0 Å². The Morgan fingerprint density at radius 1 is 1.13 bits per heavy atom. The van der Waals surface area contributed by atoms with Gasteiger partial charge in [-0.1, -0.05) is 34.1 Å². The summed E-state index contributed by atoms with van der Waals surface area (Å²) < 4.78 is 2.73. The molecule has 1 amide bonds. The second-order valence-electron chi connectivity index (χ2n) is 7.21. The maximum atomic E-state index is 12.7. The Morgan fingerprint density at radius 3 is 2.57 bits per heavy atom. The van der Waals surface area contributed by atoms with Crippen molar-refractivity contribution in [3.05, 3.63) is 81.1 Å². The van der Waals surface area contributed by atoms with Crippen molar-refractivity contribution < 1.29 is 4.79 Å². The first-order chi connectivity index (χ1) is 14.3. The Balaban J connectivity index is 1.79. The van der Waals surface area contributed by atoms with Gasteiger partial charge in [0.15, 0.2) is 0 Å². The summed E-state index contributed by atoms with van der Waals surface area (Å²) in [6, 6.07) is 15.2. The summed E-state index contributed by atoms with van der Waals surface area (Å²) in [7, 11) is 1.94. The summed E-state index contributed by atoms with van der Waals surface area (Å²) in [5.74, 6) is 0.203. The fourth-order valence-electron chi connectivity index (χ4n) is 3.24. The number of carbonyl (C=O) groups is 1. The number of hydrogen-bond acceptors (Lipinski definition) is 3. The molecule has 0 radical (unpaired) electrons. The molecule has 1 aromatic heterocycles. The number of aryl methyl sites for hydroxylation is 3. The van der Waals surface area contributed by atoms with E-state index in [0.29, 0.717) is 18.1 Å². The number of amides is 1. The van der Waals surface area contributed by atoms with Crippen molar-refractivity contribution in [2.45, 2.75) is 27.2 Å². The molecule has 0 saturated carbocycles. The zero-order valence-electron chi connectivity index (χ0n) is 17.7. The van der Waals surface area contributed by atoms with Gasteiger partial charge in [-0.15, -0.1) is 0 Å². The topological polar surface area (TPSA) is 71.3 Å². The standard InChI is InChI=1S/C23H26BrN5O/c1-15-7-5-10-20(13-15)26-23(27-22(30)18-8-6-9-19(24)14-18)25-12-11-21-16(2)28-29(4)17(21)3/h5-10,13-14H,11-12H2,1-4H3,(H2,25,26,27,30). The van der Waals surface area contributed by atoms with Crippen LogP contribution >= 0.6 is 15.9 Å². The van der Waals surface area contributed by atoms with Crippen molar-refractivity contribution in [1.82, 2.24) is 15.1 Å². The first-order valence-electron chi connectivity index (χ1n) is 9.77. The Kier molecular flexibility index (Phi) is 7.05. The van der Waals surface area contributed by atoms with E-state index in [9.17, 15) is 4.79 Å². The van der Waals surface area contributed by atoms with Crippen LogP contribution in [0.15, 0.2) is 58.0 Å². The summed E-state index contributed by atoms with van der Waals surface area (Å²) in [5.41, 5.74) is 5.89. The lowest BCUT2D eigenvalue weighted by Crippen LogP contribution is -2.36. The van der Waals surface area contributed by atoms with Gasteiger partial charge in [-0.3, -0.25) is 19.8 Å². The molecule has 30 heavy (non-hydrogen) atoms. The van der Waals surface area contributed by atoms with Crippen LogP contribution in [0, 0.1) is 20.8 Å². The molecule has 2 N–H and O–H groups in total. The van der Waals surface area contributed by atoms with Crippen LogP contribution in [0.1, 0.15) is 32.9 Å². The van der Waals surface area contributed by atoms with Gasteiger partial charge in [0, 0.05) is 35.0 Å². The van der Waals surface area contributed by atoms with E-state index in [0.717, 1.165) is 33.5 Å². The molecular formula is C23H26BrN5O. The lowest BCUT2D eigenvalue weighted by atomic mass is 10.1. The van der Waals surface area contributed by atoms with Crippen LogP contribution < -0.4 is 10.6 Å². The zero-order chi connectivity index (χ0) is 21.7. The number of carbonyl (C=O) groups excluding carboxylic acids is 1. The van der Waals surface area contributed by atoms with Crippen LogP contribution in [0.2, 0.25) is 0 Å². The van der Waals surface area contributed by atoms with E-state index >= 15 is 0 Å². The first kappa shape index (κ1) is 21.8. The van der Waals surface area contributed by atoms with E-state index in [-0.39, 0.29) is 5.91 Å². The summed E-state index contributed by atoms with van der Waals surface area (Å²) in [6.45, 7) is 6.61. The predicted octanol–water partition coefficient (Wildman–Crippen LogP) is 4.55. The minimum Gasteiger partial charge on any atom is -0.326 e. The zero-order valence-corrected chi connectivity index (χ0v) is 19.2. The van der Waals surface area contributed by atoms with Crippen LogP contribution in [0.25, 0.3) is 0 Å². The summed E-state index contributed by atoms with van der Waals surface area (Å²) in [4.78, 5) is 17.4. The third-order valence-electron chi connectivity index (χ3n) is 4.89. The third kappa shape index (κ3) is 5.57. The number of nitrogens with zero attached hydrogens (tertiary/aromatic N) is 3. The molecule has 0 spiro atoms. The lowest BCUT2D eigenvalue weighted by Gasteiger charge is -2.13. The molecular weight excluding hydrogens is 442 g/mol. The molecule has 0 aliphatic rings. The number of benzene rings is 2. The maximum absolute atomic E-state index is 12.7. The molecule has 0 saturated heterocycles. The van der Waals surface area contributed by atoms with Crippen LogP contribution in [0.5, 0.6) is 0 Å².